The van der Waals surface area contributed by atoms with Crippen molar-refractivity contribution in [2.24, 2.45) is 5.92 Å². The molecule has 3 rings (SSSR count). The summed E-state index contributed by atoms with van der Waals surface area (Å²) in [5.41, 5.74) is 0.962. The fourth-order valence-corrected chi connectivity index (χ4v) is 6.42. The molecule has 0 N–H and O–H groups in total. The SMILES string of the molecule is CCOP(=O)(OCC)[C@@]12C(=O)OC[C@@H]1[C@H]2c1ccc(Br)cc1. The molecule has 1 saturated heterocycles. The van der Waals surface area contributed by atoms with Gasteiger partial charge in [0.25, 0.3) is 0 Å². The van der Waals surface area contributed by atoms with Crippen LogP contribution in [0.3, 0.4) is 0 Å². The zero-order chi connectivity index (χ0) is 16.0. The largest absolute Gasteiger partial charge is 0.464 e. The molecule has 0 bridgehead atoms. The average Bonchev–Trinajstić information content (AvgIpc) is 3.05. The van der Waals surface area contributed by atoms with Gasteiger partial charge >= 0.3 is 13.6 Å². The Morgan fingerprint density at radius 2 is 1.86 bits per heavy atom. The second kappa shape index (κ2) is 5.75. The maximum Gasteiger partial charge on any atom is 0.349 e. The fourth-order valence-electron chi connectivity index (χ4n) is 3.46. The first kappa shape index (κ1) is 16.2. The first-order valence-electron chi connectivity index (χ1n) is 7.33. The van der Waals surface area contributed by atoms with E-state index in [4.69, 9.17) is 13.8 Å². The summed E-state index contributed by atoms with van der Waals surface area (Å²) < 4.78 is 30.3. The van der Waals surface area contributed by atoms with Crippen molar-refractivity contribution in [3.8, 4) is 0 Å². The topological polar surface area (TPSA) is 61.8 Å². The van der Waals surface area contributed by atoms with E-state index in [0.29, 0.717) is 0 Å². The maximum absolute atomic E-state index is 13.3. The quantitative estimate of drug-likeness (QED) is 0.548. The van der Waals surface area contributed by atoms with E-state index < -0.39 is 18.7 Å². The van der Waals surface area contributed by atoms with Gasteiger partial charge in [0.15, 0.2) is 5.16 Å². The Morgan fingerprint density at radius 1 is 1.27 bits per heavy atom. The number of cyclic esters (lactones) is 1. The summed E-state index contributed by atoms with van der Waals surface area (Å²) in [6.07, 6.45) is 0. The van der Waals surface area contributed by atoms with Gasteiger partial charge in [-0.05, 0) is 31.5 Å². The van der Waals surface area contributed by atoms with E-state index in [1.54, 1.807) is 13.8 Å². The minimum absolute atomic E-state index is 0.148. The molecule has 3 atom stereocenters. The molecule has 1 aliphatic heterocycles. The van der Waals surface area contributed by atoms with Gasteiger partial charge in [0.1, 0.15) is 0 Å². The summed E-state index contributed by atoms with van der Waals surface area (Å²) in [7, 11) is -3.58. The minimum Gasteiger partial charge on any atom is -0.464 e. The van der Waals surface area contributed by atoms with Crippen LogP contribution in [0.15, 0.2) is 28.7 Å². The van der Waals surface area contributed by atoms with Gasteiger partial charge in [0.05, 0.1) is 19.8 Å². The van der Waals surface area contributed by atoms with Crippen LogP contribution in [0.1, 0.15) is 25.3 Å². The highest BCUT2D eigenvalue weighted by Crippen LogP contribution is 2.82. The molecule has 0 radical (unpaired) electrons. The summed E-state index contributed by atoms with van der Waals surface area (Å²) in [5, 5.41) is -1.17. The highest BCUT2D eigenvalue weighted by atomic mass is 79.9. The molecule has 1 heterocycles. The van der Waals surface area contributed by atoms with Crippen molar-refractivity contribution in [1.82, 2.24) is 0 Å². The Bertz CT molecular complexity index is 621. The van der Waals surface area contributed by atoms with Gasteiger partial charge in [-0.15, -0.1) is 0 Å². The number of hydrogen-bond acceptors (Lipinski definition) is 5. The van der Waals surface area contributed by atoms with Crippen LogP contribution in [-0.4, -0.2) is 30.9 Å². The molecule has 0 aromatic heterocycles. The second-order valence-electron chi connectivity index (χ2n) is 5.39. The van der Waals surface area contributed by atoms with Crippen molar-refractivity contribution >= 4 is 29.5 Å². The first-order chi connectivity index (χ1) is 10.5. The number of esters is 1. The van der Waals surface area contributed by atoms with E-state index in [9.17, 15) is 9.36 Å². The zero-order valence-electron chi connectivity index (χ0n) is 12.5. The molecule has 2 fully saturated rings. The van der Waals surface area contributed by atoms with Gasteiger partial charge in [-0.3, -0.25) is 9.36 Å². The summed E-state index contributed by atoms with van der Waals surface area (Å²) in [4.78, 5) is 12.4. The Hall–Kier alpha value is -0.680. The molecular weight excluding hydrogens is 371 g/mol. The van der Waals surface area contributed by atoms with E-state index in [2.05, 4.69) is 15.9 Å². The third-order valence-corrected chi connectivity index (χ3v) is 7.76. The Labute approximate surface area is 138 Å². The van der Waals surface area contributed by atoms with Crippen LogP contribution >= 0.6 is 23.5 Å². The molecule has 1 aliphatic carbocycles. The van der Waals surface area contributed by atoms with Gasteiger partial charge < -0.3 is 13.8 Å². The lowest BCUT2D eigenvalue weighted by Gasteiger charge is -2.24. The molecule has 22 heavy (non-hydrogen) atoms. The van der Waals surface area contributed by atoms with E-state index in [1.165, 1.54) is 0 Å². The summed E-state index contributed by atoms with van der Waals surface area (Å²) in [5.74, 6) is -0.786. The Balaban J connectivity index is 2.03. The lowest BCUT2D eigenvalue weighted by molar-refractivity contribution is -0.140. The molecule has 120 valence electrons. The smallest absolute Gasteiger partial charge is 0.349 e. The number of halogens is 1. The summed E-state index contributed by atoms with van der Waals surface area (Å²) in [6, 6.07) is 7.69. The molecule has 7 heteroatoms. The van der Waals surface area contributed by atoms with Gasteiger partial charge in [-0.2, -0.15) is 0 Å². The Morgan fingerprint density at radius 3 is 2.41 bits per heavy atom. The predicted octanol–water partition coefficient (Wildman–Crippen LogP) is 3.72. The van der Waals surface area contributed by atoms with Crippen LogP contribution < -0.4 is 0 Å². The highest BCUT2D eigenvalue weighted by molar-refractivity contribution is 9.10. The molecule has 0 unspecified atom stereocenters. The maximum atomic E-state index is 13.3. The predicted molar refractivity (Wildman–Crippen MR) is 84.9 cm³/mol. The van der Waals surface area contributed by atoms with Crippen molar-refractivity contribution in [3.05, 3.63) is 34.3 Å². The van der Waals surface area contributed by atoms with Crippen molar-refractivity contribution in [3.63, 3.8) is 0 Å². The van der Waals surface area contributed by atoms with Crippen molar-refractivity contribution < 1.29 is 23.1 Å². The van der Waals surface area contributed by atoms with Crippen LogP contribution in [0.4, 0.5) is 0 Å². The van der Waals surface area contributed by atoms with Crippen LogP contribution in [0.25, 0.3) is 0 Å². The average molecular weight is 389 g/mol. The third-order valence-electron chi connectivity index (χ3n) is 4.33. The Kier molecular flexibility index (Phi) is 4.23. The molecule has 0 spiro atoms. The van der Waals surface area contributed by atoms with E-state index in [-0.39, 0.29) is 31.7 Å². The standard InChI is InChI=1S/C15H18BrO5P/c1-3-20-22(18,21-4-2)15-12(9-19-14(15)17)13(15)10-5-7-11(16)8-6-10/h5-8,12-13H,3-4,9H2,1-2H3/t12-,13-,15+/m1/s1. The highest BCUT2D eigenvalue weighted by Gasteiger charge is 2.84. The molecule has 0 amide bonds. The van der Waals surface area contributed by atoms with Crippen LogP contribution in [0.5, 0.6) is 0 Å². The van der Waals surface area contributed by atoms with Gasteiger partial charge in [0.2, 0.25) is 0 Å². The van der Waals surface area contributed by atoms with Crippen LogP contribution in [0.2, 0.25) is 0 Å². The van der Waals surface area contributed by atoms with E-state index in [1.807, 2.05) is 24.3 Å². The fraction of sp³-hybridized carbons (Fsp3) is 0.533. The first-order valence-corrected chi connectivity index (χ1v) is 9.66. The molecule has 1 aromatic rings. The van der Waals surface area contributed by atoms with E-state index >= 15 is 0 Å². The number of rotatable bonds is 6. The number of hydrogen-bond donors (Lipinski definition) is 0. The van der Waals surface area contributed by atoms with Crippen LogP contribution in [0, 0.1) is 5.92 Å². The molecular formula is C15H18BrO5P. The van der Waals surface area contributed by atoms with Gasteiger partial charge in [0, 0.05) is 16.3 Å². The third kappa shape index (κ3) is 2.12. The van der Waals surface area contributed by atoms with Gasteiger partial charge in [-0.25, -0.2) is 0 Å². The molecule has 1 saturated carbocycles. The normalized spacial score (nSPS) is 30.0. The van der Waals surface area contributed by atoms with Crippen LogP contribution in [-0.2, 0) is 23.1 Å². The van der Waals surface area contributed by atoms with Crippen molar-refractivity contribution in [2.45, 2.75) is 24.9 Å². The number of fused-ring (bicyclic) bond motifs is 1. The summed E-state index contributed by atoms with van der Waals surface area (Å²) in [6.45, 7) is 4.21. The lowest BCUT2D eigenvalue weighted by Crippen LogP contribution is -2.26. The zero-order valence-corrected chi connectivity index (χ0v) is 14.9. The monoisotopic (exact) mass is 388 g/mol. The summed E-state index contributed by atoms with van der Waals surface area (Å²) >= 11 is 3.39. The second-order valence-corrected chi connectivity index (χ2v) is 8.56. The molecule has 2 aliphatic rings. The number of carbonyl (C=O) groups excluding carboxylic acids is 1. The number of ether oxygens (including phenoxy) is 1. The van der Waals surface area contributed by atoms with Crippen molar-refractivity contribution in [1.29, 1.82) is 0 Å². The molecule has 5 nitrogen and oxygen atoms in total. The van der Waals surface area contributed by atoms with Gasteiger partial charge in [-0.1, -0.05) is 28.1 Å². The molecule has 1 aromatic carbocycles. The van der Waals surface area contributed by atoms with Crippen molar-refractivity contribution in [2.75, 3.05) is 19.8 Å². The number of carbonyl (C=O) groups is 1. The minimum atomic E-state index is -3.58. The van der Waals surface area contributed by atoms with E-state index in [0.717, 1.165) is 10.0 Å². The lowest BCUT2D eigenvalue weighted by atomic mass is 10.1. The number of benzene rings is 1.